The van der Waals surface area contributed by atoms with Gasteiger partial charge in [-0.05, 0) is 25.7 Å². The Kier molecular flexibility index (Phi) is 5.37. The van der Waals surface area contributed by atoms with Crippen LogP contribution in [0.2, 0.25) is 0 Å². The van der Waals surface area contributed by atoms with Crippen molar-refractivity contribution < 1.29 is 13.2 Å². The minimum absolute atomic E-state index is 0.297. The average Bonchev–Trinajstić information content (AvgIpc) is 2.37. The molecule has 0 aliphatic carbocycles. The highest BCUT2D eigenvalue weighted by Gasteiger charge is 2.30. The highest BCUT2D eigenvalue weighted by molar-refractivity contribution is 7.90. The van der Waals surface area contributed by atoms with E-state index in [2.05, 4.69) is 4.72 Å². The molecule has 102 valence electrons. The summed E-state index contributed by atoms with van der Waals surface area (Å²) in [4.78, 5) is 0. The van der Waals surface area contributed by atoms with E-state index in [-0.39, 0.29) is 0 Å². The van der Waals surface area contributed by atoms with E-state index in [1.54, 1.807) is 0 Å². The van der Waals surface area contributed by atoms with Crippen molar-refractivity contribution in [3.63, 3.8) is 0 Å². The quantitative estimate of drug-likeness (QED) is 0.736. The van der Waals surface area contributed by atoms with E-state index in [4.69, 9.17) is 10.5 Å². The summed E-state index contributed by atoms with van der Waals surface area (Å²) >= 11 is 0. The Labute approximate surface area is 104 Å². The summed E-state index contributed by atoms with van der Waals surface area (Å²) in [5.74, 6) is 0. The zero-order valence-corrected chi connectivity index (χ0v) is 11.6. The topological polar surface area (TPSA) is 81.4 Å². The highest BCUT2D eigenvalue weighted by atomic mass is 32.2. The molecule has 0 spiro atoms. The maximum Gasteiger partial charge on any atom is 0.216 e. The molecule has 6 heteroatoms. The number of nitrogens with two attached hydrogens (primary N) is 1. The van der Waals surface area contributed by atoms with Crippen LogP contribution in [0.4, 0.5) is 0 Å². The minimum atomic E-state index is -3.29. The molecule has 1 aliphatic rings. The van der Waals surface area contributed by atoms with Gasteiger partial charge in [-0.1, -0.05) is 13.8 Å². The molecule has 1 aliphatic heterocycles. The smallest absolute Gasteiger partial charge is 0.216 e. The van der Waals surface area contributed by atoms with Crippen LogP contribution in [0.5, 0.6) is 0 Å². The van der Waals surface area contributed by atoms with Gasteiger partial charge < -0.3 is 10.5 Å². The molecular weight excluding hydrogens is 240 g/mol. The van der Waals surface area contributed by atoms with Gasteiger partial charge in [-0.3, -0.25) is 0 Å². The molecule has 0 aromatic heterocycles. The second kappa shape index (κ2) is 6.13. The molecule has 17 heavy (non-hydrogen) atoms. The Balaban J connectivity index is 2.54. The Morgan fingerprint density at radius 1 is 1.41 bits per heavy atom. The molecule has 0 amide bonds. The van der Waals surface area contributed by atoms with E-state index in [0.29, 0.717) is 26.2 Å². The number of sulfonamides is 1. The van der Waals surface area contributed by atoms with Gasteiger partial charge in [0.1, 0.15) is 0 Å². The first kappa shape index (κ1) is 14.9. The number of rotatable bonds is 6. The second-order valence-electron chi connectivity index (χ2n) is 4.77. The van der Waals surface area contributed by atoms with Crippen molar-refractivity contribution in [1.29, 1.82) is 0 Å². The summed E-state index contributed by atoms with van der Waals surface area (Å²) in [6.07, 6.45) is 2.99. The lowest BCUT2D eigenvalue weighted by Crippen LogP contribution is -2.51. The van der Waals surface area contributed by atoms with Crippen LogP contribution in [0.25, 0.3) is 0 Å². The first-order valence-electron chi connectivity index (χ1n) is 6.28. The molecule has 0 aromatic carbocycles. The first-order chi connectivity index (χ1) is 7.93. The zero-order chi connectivity index (χ0) is 12.9. The molecule has 1 saturated heterocycles. The summed E-state index contributed by atoms with van der Waals surface area (Å²) in [5.41, 5.74) is 5.63. The van der Waals surface area contributed by atoms with Gasteiger partial charge in [-0.15, -0.1) is 0 Å². The summed E-state index contributed by atoms with van der Waals surface area (Å²) in [7, 11) is -3.29. The largest absolute Gasteiger partial charge is 0.380 e. The molecule has 1 atom stereocenters. The zero-order valence-electron chi connectivity index (χ0n) is 10.7. The van der Waals surface area contributed by atoms with E-state index < -0.39 is 20.8 Å². The first-order valence-corrected chi connectivity index (χ1v) is 7.83. The van der Waals surface area contributed by atoms with Crippen LogP contribution in [0, 0.1) is 0 Å². The van der Waals surface area contributed by atoms with Gasteiger partial charge in [0.15, 0.2) is 0 Å². The Morgan fingerprint density at radius 2 is 2.06 bits per heavy atom. The third-order valence-electron chi connectivity index (χ3n) is 3.59. The molecule has 0 unspecified atom stereocenters. The van der Waals surface area contributed by atoms with Crippen LogP contribution in [-0.2, 0) is 14.8 Å². The van der Waals surface area contributed by atoms with Gasteiger partial charge in [0.25, 0.3) is 0 Å². The van der Waals surface area contributed by atoms with Crippen molar-refractivity contribution in [2.45, 2.75) is 50.3 Å². The molecule has 3 N–H and O–H groups in total. The number of ether oxygens (including phenoxy) is 1. The molecule has 0 bridgehead atoms. The number of nitrogens with one attached hydrogen (secondary N) is 1. The van der Waals surface area contributed by atoms with E-state index >= 15 is 0 Å². The van der Waals surface area contributed by atoms with Crippen LogP contribution in [-0.4, -0.2) is 39.0 Å². The fraction of sp³-hybridized carbons (Fsp3) is 1.00. The lowest BCUT2D eigenvalue weighted by molar-refractivity contribution is 0.0987. The highest BCUT2D eigenvalue weighted by Crippen LogP contribution is 2.15. The van der Waals surface area contributed by atoms with Gasteiger partial charge in [-0.25, -0.2) is 13.1 Å². The van der Waals surface area contributed by atoms with Crippen molar-refractivity contribution >= 4 is 10.0 Å². The summed E-state index contributed by atoms with van der Waals surface area (Å²) in [6.45, 7) is 5.21. The maximum absolute atomic E-state index is 12.0. The predicted octanol–water partition coefficient (Wildman–Crippen LogP) is 0.602. The monoisotopic (exact) mass is 264 g/mol. The SMILES string of the molecule is CCC(N)(CC)CNS(=O)(=O)[C@@H]1CCCOC1. The molecule has 1 heterocycles. The average molecular weight is 264 g/mol. The van der Waals surface area contributed by atoms with Gasteiger partial charge >= 0.3 is 0 Å². The van der Waals surface area contributed by atoms with Crippen LogP contribution in [0.1, 0.15) is 39.5 Å². The third-order valence-corrected chi connectivity index (χ3v) is 5.39. The Hall–Kier alpha value is -0.170. The van der Waals surface area contributed by atoms with Crippen LogP contribution < -0.4 is 10.5 Å². The summed E-state index contributed by atoms with van der Waals surface area (Å²) in [5, 5.41) is -0.422. The van der Waals surface area contributed by atoms with Crippen molar-refractivity contribution in [3.8, 4) is 0 Å². The van der Waals surface area contributed by atoms with Crippen LogP contribution in [0.3, 0.4) is 0 Å². The Bertz CT molecular complexity index is 320. The van der Waals surface area contributed by atoms with E-state index in [0.717, 1.165) is 19.3 Å². The van der Waals surface area contributed by atoms with Crippen molar-refractivity contribution in [2.75, 3.05) is 19.8 Å². The fourth-order valence-corrected chi connectivity index (χ4v) is 3.29. The fourth-order valence-electron chi connectivity index (χ4n) is 1.82. The van der Waals surface area contributed by atoms with Crippen LogP contribution >= 0.6 is 0 Å². The number of hydrogen-bond acceptors (Lipinski definition) is 4. The van der Waals surface area contributed by atoms with Gasteiger partial charge in [-0.2, -0.15) is 0 Å². The maximum atomic E-state index is 12.0. The lowest BCUT2D eigenvalue weighted by Gasteiger charge is -2.29. The van der Waals surface area contributed by atoms with Crippen molar-refractivity contribution in [2.24, 2.45) is 5.73 Å². The minimum Gasteiger partial charge on any atom is -0.380 e. The standard InChI is InChI=1S/C11H24N2O3S/c1-3-11(12,4-2)9-13-17(14,15)10-6-5-7-16-8-10/h10,13H,3-9,12H2,1-2H3/t10-/m1/s1. The molecule has 5 nitrogen and oxygen atoms in total. The van der Waals surface area contributed by atoms with Crippen molar-refractivity contribution in [1.82, 2.24) is 4.72 Å². The lowest BCUT2D eigenvalue weighted by atomic mass is 9.95. The van der Waals surface area contributed by atoms with Crippen LogP contribution in [0.15, 0.2) is 0 Å². The molecule has 0 aromatic rings. The second-order valence-corrected chi connectivity index (χ2v) is 6.82. The van der Waals surface area contributed by atoms with Gasteiger partial charge in [0.05, 0.1) is 11.9 Å². The van der Waals surface area contributed by atoms with Crippen molar-refractivity contribution in [3.05, 3.63) is 0 Å². The third kappa shape index (κ3) is 4.21. The number of hydrogen-bond donors (Lipinski definition) is 2. The molecule has 1 rings (SSSR count). The molecule has 0 saturated carbocycles. The van der Waals surface area contributed by atoms with E-state index in [9.17, 15) is 8.42 Å². The van der Waals surface area contributed by atoms with Gasteiger partial charge in [0.2, 0.25) is 10.0 Å². The summed E-state index contributed by atoms with van der Waals surface area (Å²) in [6, 6.07) is 0. The summed E-state index contributed by atoms with van der Waals surface area (Å²) < 4.78 is 31.9. The molecule has 1 fully saturated rings. The predicted molar refractivity (Wildman–Crippen MR) is 68.3 cm³/mol. The molecule has 0 radical (unpaired) electrons. The van der Waals surface area contributed by atoms with E-state index in [1.807, 2.05) is 13.8 Å². The van der Waals surface area contributed by atoms with Gasteiger partial charge in [0, 0.05) is 18.7 Å². The Morgan fingerprint density at radius 3 is 2.53 bits per heavy atom. The van der Waals surface area contributed by atoms with E-state index in [1.165, 1.54) is 0 Å². The molecular formula is C11H24N2O3S. The normalized spacial score (nSPS) is 22.6.